The van der Waals surface area contributed by atoms with E-state index in [9.17, 15) is 31.9 Å². The maximum absolute atomic E-state index is 14.2. The molecule has 2 amide bonds. The highest BCUT2D eigenvalue weighted by Gasteiger charge is 2.39. The first-order chi connectivity index (χ1) is 19.0. The van der Waals surface area contributed by atoms with Crippen LogP contribution in [0.25, 0.3) is 0 Å². The number of alkyl halides is 3. The summed E-state index contributed by atoms with van der Waals surface area (Å²) >= 11 is 0. The van der Waals surface area contributed by atoms with Crippen LogP contribution in [0.3, 0.4) is 0 Å². The number of carboxylic acid groups (broad SMARTS) is 1. The third-order valence-electron chi connectivity index (χ3n) is 8.30. The second-order valence-electron chi connectivity index (χ2n) is 11.0. The molecule has 2 fully saturated rings. The van der Waals surface area contributed by atoms with E-state index < -0.39 is 35.3 Å². The van der Waals surface area contributed by atoms with Crippen LogP contribution in [0.4, 0.5) is 17.6 Å². The lowest BCUT2D eigenvalue weighted by atomic mass is 9.64. The summed E-state index contributed by atoms with van der Waals surface area (Å²) in [6.45, 7) is 0.0736. The number of aliphatic carboxylic acids is 1. The minimum Gasteiger partial charge on any atom is -0.481 e. The van der Waals surface area contributed by atoms with Crippen molar-refractivity contribution in [3.05, 3.63) is 70.5 Å². The van der Waals surface area contributed by atoms with Gasteiger partial charge >= 0.3 is 12.1 Å². The maximum Gasteiger partial charge on any atom is 0.416 e. The Hall–Kier alpha value is -3.43. The van der Waals surface area contributed by atoms with Crippen molar-refractivity contribution >= 4 is 17.8 Å². The minimum atomic E-state index is -4.79. The highest BCUT2D eigenvalue weighted by Crippen LogP contribution is 2.48. The van der Waals surface area contributed by atoms with E-state index >= 15 is 0 Å². The molecule has 1 spiro atoms. The van der Waals surface area contributed by atoms with Crippen LogP contribution in [-0.4, -0.2) is 40.4 Å². The number of benzene rings is 2. The van der Waals surface area contributed by atoms with Crippen molar-refractivity contribution < 1.29 is 37.1 Å². The fourth-order valence-corrected chi connectivity index (χ4v) is 6.08. The molecule has 6 nitrogen and oxygen atoms in total. The van der Waals surface area contributed by atoms with Crippen molar-refractivity contribution in [1.29, 1.82) is 0 Å². The van der Waals surface area contributed by atoms with Crippen molar-refractivity contribution in [2.45, 2.75) is 83.0 Å². The van der Waals surface area contributed by atoms with Crippen LogP contribution in [0.15, 0.2) is 42.5 Å². The number of nitrogens with one attached hydrogen (secondary N) is 1. The number of carbonyl (C=O) groups is 3. The highest BCUT2D eigenvalue weighted by molar-refractivity contribution is 5.95. The van der Waals surface area contributed by atoms with E-state index in [1.165, 1.54) is 19.3 Å². The van der Waals surface area contributed by atoms with Crippen LogP contribution in [0.1, 0.15) is 96.1 Å². The monoisotopic (exact) mass is 562 g/mol. The molecule has 0 heterocycles. The lowest BCUT2D eigenvalue weighted by Crippen LogP contribution is -2.44. The number of halogens is 4. The molecule has 0 aliphatic heterocycles. The Morgan fingerprint density at radius 3 is 2.17 bits per heavy atom. The Balaban J connectivity index is 1.55. The van der Waals surface area contributed by atoms with E-state index in [0.29, 0.717) is 23.3 Å². The molecule has 2 aliphatic carbocycles. The molecular weight excluding hydrogens is 528 g/mol. The van der Waals surface area contributed by atoms with Crippen molar-refractivity contribution in [3.8, 4) is 0 Å². The Bertz CT molecular complexity index is 1210. The van der Waals surface area contributed by atoms with E-state index in [4.69, 9.17) is 5.11 Å². The van der Waals surface area contributed by atoms with Gasteiger partial charge in [0.2, 0.25) is 0 Å². The average Bonchev–Trinajstić information content (AvgIpc) is 2.92. The largest absolute Gasteiger partial charge is 0.481 e. The van der Waals surface area contributed by atoms with Gasteiger partial charge < -0.3 is 15.3 Å². The van der Waals surface area contributed by atoms with Gasteiger partial charge in [0.15, 0.2) is 0 Å². The molecule has 216 valence electrons. The van der Waals surface area contributed by atoms with Crippen LogP contribution in [0.2, 0.25) is 0 Å². The topological polar surface area (TPSA) is 86.7 Å². The molecule has 0 unspecified atom stereocenters. The predicted molar refractivity (Wildman–Crippen MR) is 140 cm³/mol. The van der Waals surface area contributed by atoms with Gasteiger partial charge in [-0.3, -0.25) is 14.4 Å². The van der Waals surface area contributed by atoms with Gasteiger partial charge in [-0.2, -0.15) is 13.2 Å². The van der Waals surface area contributed by atoms with Gasteiger partial charge in [0, 0.05) is 30.3 Å². The number of hydrogen-bond donors (Lipinski definition) is 2. The first kappa shape index (κ1) is 29.6. The fraction of sp³-hybridized carbons (Fsp3) is 0.500. The number of carboxylic acids is 1. The molecule has 40 heavy (non-hydrogen) atoms. The smallest absolute Gasteiger partial charge is 0.416 e. The van der Waals surface area contributed by atoms with Crippen LogP contribution in [0, 0.1) is 11.2 Å². The van der Waals surface area contributed by atoms with Gasteiger partial charge in [-0.15, -0.1) is 0 Å². The first-order valence-corrected chi connectivity index (χ1v) is 13.7. The minimum absolute atomic E-state index is 0.0189. The lowest BCUT2D eigenvalue weighted by molar-refractivity contribution is -0.138. The van der Waals surface area contributed by atoms with Gasteiger partial charge in [-0.25, -0.2) is 4.39 Å². The molecule has 2 aromatic rings. The van der Waals surface area contributed by atoms with Crippen molar-refractivity contribution in [3.63, 3.8) is 0 Å². The predicted octanol–water partition coefficient (Wildman–Crippen LogP) is 6.58. The average molecular weight is 563 g/mol. The quantitative estimate of drug-likeness (QED) is 0.356. The molecular formula is C30H34F4N2O4. The number of carbonyl (C=O) groups excluding carboxylic acids is 2. The van der Waals surface area contributed by atoms with Crippen LogP contribution in [-0.2, 0) is 17.5 Å². The summed E-state index contributed by atoms with van der Waals surface area (Å²) in [6.07, 6.45) is 4.23. The molecule has 0 aromatic heterocycles. The third-order valence-corrected chi connectivity index (χ3v) is 8.30. The number of amides is 2. The normalized spacial score (nSPS) is 17.4. The van der Waals surface area contributed by atoms with Crippen molar-refractivity contribution in [2.24, 2.45) is 5.41 Å². The first-order valence-electron chi connectivity index (χ1n) is 13.7. The van der Waals surface area contributed by atoms with E-state index in [-0.39, 0.29) is 36.5 Å². The second kappa shape index (κ2) is 12.4. The molecule has 2 aliphatic rings. The maximum atomic E-state index is 14.2. The molecule has 0 saturated heterocycles. The zero-order chi connectivity index (χ0) is 28.9. The van der Waals surface area contributed by atoms with Gasteiger partial charge in [-0.05, 0) is 79.8 Å². The molecule has 4 rings (SSSR count). The summed E-state index contributed by atoms with van der Waals surface area (Å²) in [6, 6.07) is 8.14. The number of nitrogens with zero attached hydrogens (tertiary/aromatic N) is 1. The van der Waals surface area contributed by atoms with E-state index in [0.717, 1.165) is 44.6 Å². The summed E-state index contributed by atoms with van der Waals surface area (Å²) in [5, 5.41) is 11.3. The van der Waals surface area contributed by atoms with Gasteiger partial charge in [-0.1, -0.05) is 31.4 Å². The Morgan fingerprint density at radius 1 is 0.925 bits per heavy atom. The van der Waals surface area contributed by atoms with Crippen molar-refractivity contribution in [2.75, 3.05) is 6.54 Å². The van der Waals surface area contributed by atoms with Crippen LogP contribution in [0.5, 0.6) is 0 Å². The van der Waals surface area contributed by atoms with Gasteiger partial charge in [0.05, 0.1) is 12.0 Å². The number of hydrogen-bond acceptors (Lipinski definition) is 3. The zero-order valence-corrected chi connectivity index (χ0v) is 22.2. The number of rotatable bonds is 8. The van der Waals surface area contributed by atoms with E-state index in [1.807, 2.05) is 0 Å². The summed E-state index contributed by atoms with van der Waals surface area (Å²) in [4.78, 5) is 38.2. The molecule has 0 atom stereocenters. The summed E-state index contributed by atoms with van der Waals surface area (Å²) in [7, 11) is 0. The summed E-state index contributed by atoms with van der Waals surface area (Å²) < 4.78 is 54.4. The molecule has 2 N–H and O–H groups in total. The SMILES string of the molecule is O=C(O)CCNC(=O)c1ccc(CN(C(=O)c2cc(F)cc(C(F)(F)F)c2)C2CCC3(CCCCC3)CC2)cc1. The van der Waals surface area contributed by atoms with Crippen molar-refractivity contribution in [1.82, 2.24) is 10.2 Å². The highest BCUT2D eigenvalue weighted by atomic mass is 19.4. The Kier molecular flexibility index (Phi) is 9.15. The van der Waals surface area contributed by atoms with Gasteiger partial charge in [0.1, 0.15) is 5.82 Å². The molecule has 2 saturated carbocycles. The standard InChI is InChI=1S/C30H34F4N2O4/c31-24-17-22(16-23(18-24)30(32,33)34)28(40)36(25-8-13-29(14-9-25)11-2-1-3-12-29)19-20-4-6-21(7-5-20)27(39)35-15-10-26(37)38/h4-7,16-18,25H,1-3,8-15,19H2,(H,35,39)(H,37,38). The Morgan fingerprint density at radius 2 is 1.57 bits per heavy atom. The summed E-state index contributed by atoms with van der Waals surface area (Å²) in [5.41, 5.74) is -0.315. The second-order valence-corrected chi connectivity index (χ2v) is 11.0. The third kappa shape index (κ3) is 7.40. The van der Waals surface area contributed by atoms with Gasteiger partial charge in [0.25, 0.3) is 11.8 Å². The molecule has 10 heteroatoms. The lowest BCUT2D eigenvalue weighted by Gasteiger charge is -2.45. The molecule has 0 bridgehead atoms. The van der Waals surface area contributed by atoms with Crippen LogP contribution >= 0.6 is 0 Å². The van der Waals surface area contributed by atoms with E-state index in [1.54, 1.807) is 29.2 Å². The Labute approximate surface area is 230 Å². The zero-order valence-electron chi connectivity index (χ0n) is 22.2. The van der Waals surface area contributed by atoms with Crippen LogP contribution < -0.4 is 5.32 Å². The fourth-order valence-electron chi connectivity index (χ4n) is 6.08. The molecule has 0 radical (unpaired) electrons. The summed E-state index contributed by atoms with van der Waals surface area (Å²) in [5.74, 6) is -3.25. The van der Waals surface area contributed by atoms with E-state index in [2.05, 4.69) is 5.32 Å². The molecule has 2 aromatic carbocycles.